The molecule has 4 aliphatic carbocycles. The third-order valence-electron chi connectivity index (χ3n) is 9.43. The fourth-order valence-corrected chi connectivity index (χ4v) is 7.74. The van der Waals surface area contributed by atoms with Gasteiger partial charge in [0.2, 0.25) is 0 Å². The molecular formula is C22H31FO5. The summed E-state index contributed by atoms with van der Waals surface area (Å²) in [6, 6.07) is 0. The van der Waals surface area contributed by atoms with Gasteiger partial charge in [-0.25, -0.2) is 0 Å². The van der Waals surface area contributed by atoms with Crippen LogP contribution in [0, 0.1) is 28.1 Å². The first kappa shape index (κ1) is 20.2. The summed E-state index contributed by atoms with van der Waals surface area (Å²) in [7, 11) is 0. The van der Waals surface area contributed by atoms with Crippen LogP contribution in [0.3, 0.4) is 0 Å². The number of aliphatic hydroxyl groups excluding tert-OH is 2. The van der Waals surface area contributed by atoms with Crippen molar-refractivity contribution in [2.24, 2.45) is 28.1 Å². The van der Waals surface area contributed by atoms with E-state index in [0.29, 0.717) is 32.1 Å². The minimum Gasteiger partial charge on any atom is -0.392 e. The lowest BCUT2D eigenvalue weighted by molar-refractivity contribution is -0.226. The van der Waals surface area contributed by atoms with E-state index in [4.69, 9.17) is 0 Å². The van der Waals surface area contributed by atoms with E-state index < -0.39 is 47.0 Å². The van der Waals surface area contributed by atoms with Gasteiger partial charge in [-0.05, 0) is 56.4 Å². The van der Waals surface area contributed by atoms with E-state index in [2.05, 4.69) is 0 Å². The SMILES string of the molecule is C[C@]12CCC(=O)C=C1CC[C@H]1[C@@H]3CC[C@](O)(C(=O)CO)[C@@]3(C)C[C@H](O)[C@@]12CF. The molecule has 7 atom stereocenters. The number of rotatable bonds is 3. The molecule has 28 heavy (non-hydrogen) atoms. The maximum absolute atomic E-state index is 14.9. The maximum atomic E-state index is 14.9. The van der Waals surface area contributed by atoms with E-state index >= 15 is 0 Å². The van der Waals surface area contributed by atoms with Gasteiger partial charge >= 0.3 is 0 Å². The number of carbonyl (C=O) groups is 2. The minimum atomic E-state index is -1.69. The van der Waals surface area contributed by atoms with E-state index in [0.717, 1.165) is 5.57 Å². The Hall–Kier alpha value is -1.11. The van der Waals surface area contributed by atoms with Crippen LogP contribution in [0.25, 0.3) is 0 Å². The number of carbonyl (C=O) groups excluding carboxylic acids is 2. The van der Waals surface area contributed by atoms with Crippen LogP contribution in [0.5, 0.6) is 0 Å². The molecule has 0 radical (unpaired) electrons. The highest BCUT2D eigenvalue weighted by molar-refractivity contribution is 5.92. The summed E-state index contributed by atoms with van der Waals surface area (Å²) in [5.41, 5.74) is -3.23. The maximum Gasteiger partial charge on any atom is 0.190 e. The van der Waals surface area contributed by atoms with Crippen molar-refractivity contribution in [1.82, 2.24) is 0 Å². The molecule has 5 nitrogen and oxygen atoms in total. The largest absolute Gasteiger partial charge is 0.392 e. The average molecular weight is 394 g/mol. The molecule has 0 amide bonds. The summed E-state index contributed by atoms with van der Waals surface area (Å²) in [5.74, 6) is -0.826. The third-order valence-corrected chi connectivity index (χ3v) is 9.43. The topological polar surface area (TPSA) is 94.8 Å². The van der Waals surface area contributed by atoms with Crippen LogP contribution >= 0.6 is 0 Å². The lowest BCUT2D eigenvalue weighted by Crippen LogP contribution is -2.68. The van der Waals surface area contributed by atoms with Crippen LogP contribution in [0.15, 0.2) is 11.6 Å². The lowest BCUT2D eigenvalue weighted by Gasteiger charge is -2.66. The minimum absolute atomic E-state index is 0.0684. The van der Waals surface area contributed by atoms with Crippen molar-refractivity contribution in [2.75, 3.05) is 13.3 Å². The molecule has 4 aliphatic rings. The highest BCUT2D eigenvalue weighted by Gasteiger charge is 2.73. The number of ketones is 2. The van der Waals surface area contributed by atoms with Crippen LogP contribution in [0.1, 0.15) is 58.8 Å². The zero-order chi connectivity index (χ0) is 20.5. The fraction of sp³-hybridized carbons (Fsp3) is 0.818. The van der Waals surface area contributed by atoms with Crippen molar-refractivity contribution in [2.45, 2.75) is 70.5 Å². The van der Waals surface area contributed by atoms with Gasteiger partial charge in [0.05, 0.1) is 12.8 Å². The van der Waals surface area contributed by atoms with Gasteiger partial charge in [0.1, 0.15) is 12.2 Å². The normalized spacial score (nSPS) is 50.4. The zero-order valence-electron chi connectivity index (χ0n) is 16.7. The van der Waals surface area contributed by atoms with Crippen LogP contribution in [0.2, 0.25) is 0 Å². The van der Waals surface area contributed by atoms with Crippen LogP contribution in [0.4, 0.5) is 4.39 Å². The van der Waals surface area contributed by atoms with Gasteiger partial charge < -0.3 is 15.3 Å². The molecule has 3 saturated carbocycles. The van der Waals surface area contributed by atoms with E-state index in [-0.39, 0.29) is 30.5 Å². The van der Waals surface area contributed by atoms with Gasteiger partial charge in [-0.3, -0.25) is 14.0 Å². The van der Waals surface area contributed by atoms with Crippen molar-refractivity contribution in [3.63, 3.8) is 0 Å². The predicted molar refractivity (Wildman–Crippen MR) is 100 cm³/mol. The third kappa shape index (κ3) is 2.12. The molecule has 156 valence electrons. The van der Waals surface area contributed by atoms with Crippen LogP contribution < -0.4 is 0 Å². The van der Waals surface area contributed by atoms with Gasteiger partial charge in [0.25, 0.3) is 0 Å². The molecule has 0 heterocycles. The Labute approximate surface area is 165 Å². The Bertz CT molecular complexity index is 749. The van der Waals surface area contributed by atoms with E-state index in [1.807, 2.05) is 13.8 Å². The second kappa shape index (κ2) is 6.19. The first-order valence-corrected chi connectivity index (χ1v) is 10.4. The Morgan fingerprint density at radius 3 is 2.57 bits per heavy atom. The molecule has 0 spiro atoms. The summed E-state index contributed by atoms with van der Waals surface area (Å²) < 4.78 is 14.9. The van der Waals surface area contributed by atoms with Gasteiger partial charge in [-0.2, -0.15) is 0 Å². The molecule has 3 N–H and O–H groups in total. The van der Waals surface area contributed by atoms with Crippen LogP contribution in [-0.4, -0.2) is 51.9 Å². The molecule has 4 rings (SSSR count). The van der Waals surface area contributed by atoms with E-state index in [1.54, 1.807) is 6.08 Å². The second-order valence-corrected chi connectivity index (χ2v) is 10.0. The Morgan fingerprint density at radius 2 is 1.93 bits per heavy atom. The molecule has 0 aliphatic heterocycles. The number of Topliss-reactive ketones (excluding diaryl/α,β-unsaturated/α-hetero) is 1. The highest BCUT2D eigenvalue weighted by Crippen LogP contribution is 2.72. The smallest absolute Gasteiger partial charge is 0.190 e. The fourth-order valence-electron chi connectivity index (χ4n) is 7.74. The number of aliphatic hydroxyl groups is 3. The van der Waals surface area contributed by atoms with Crippen molar-refractivity contribution < 1.29 is 29.3 Å². The molecule has 0 aromatic carbocycles. The first-order chi connectivity index (χ1) is 13.1. The second-order valence-electron chi connectivity index (χ2n) is 10.0. The monoisotopic (exact) mass is 394 g/mol. The number of hydrogen-bond donors (Lipinski definition) is 3. The number of alkyl halides is 1. The van der Waals surface area contributed by atoms with Gasteiger partial charge in [-0.15, -0.1) is 0 Å². The van der Waals surface area contributed by atoms with E-state index in [9.17, 15) is 29.3 Å². The number of allylic oxidation sites excluding steroid dienone is 1. The molecule has 0 unspecified atom stereocenters. The van der Waals surface area contributed by atoms with Crippen molar-refractivity contribution in [3.05, 3.63) is 11.6 Å². The first-order valence-electron chi connectivity index (χ1n) is 10.4. The summed E-state index contributed by atoms with van der Waals surface area (Å²) in [6.07, 6.45) is 3.77. The summed E-state index contributed by atoms with van der Waals surface area (Å²) in [5, 5.41) is 32.0. The van der Waals surface area contributed by atoms with Crippen molar-refractivity contribution in [1.29, 1.82) is 0 Å². The Kier molecular flexibility index (Phi) is 4.46. The molecular weight excluding hydrogens is 363 g/mol. The van der Waals surface area contributed by atoms with Gasteiger partial charge in [-0.1, -0.05) is 19.4 Å². The molecule has 6 heteroatoms. The summed E-state index contributed by atoms with van der Waals surface area (Å²) >= 11 is 0. The summed E-state index contributed by atoms with van der Waals surface area (Å²) in [4.78, 5) is 24.4. The van der Waals surface area contributed by atoms with Crippen molar-refractivity contribution >= 4 is 11.6 Å². The average Bonchev–Trinajstić information content (AvgIpc) is 2.93. The van der Waals surface area contributed by atoms with Crippen molar-refractivity contribution in [3.8, 4) is 0 Å². The van der Waals surface area contributed by atoms with Gasteiger partial charge in [0, 0.05) is 22.7 Å². The number of fused-ring (bicyclic) bond motifs is 5. The Morgan fingerprint density at radius 1 is 1.21 bits per heavy atom. The quantitative estimate of drug-likeness (QED) is 0.682. The number of hydrogen-bond acceptors (Lipinski definition) is 5. The molecule has 0 bridgehead atoms. The van der Waals surface area contributed by atoms with E-state index in [1.165, 1.54) is 0 Å². The lowest BCUT2D eigenvalue weighted by atomic mass is 9.38. The number of halogens is 1. The zero-order valence-corrected chi connectivity index (χ0v) is 16.7. The Balaban J connectivity index is 1.83. The predicted octanol–water partition coefficient (Wildman–Crippen LogP) is 2.12. The molecule has 0 saturated heterocycles. The van der Waals surface area contributed by atoms with Gasteiger partial charge in [0.15, 0.2) is 11.6 Å². The highest BCUT2D eigenvalue weighted by atomic mass is 19.1. The standard InChI is InChI=1S/C22H31FO5/c1-19-7-5-14(25)9-13(19)3-4-16-15-6-8-22(28,18(27)11-24)20(15,2)10-17(26)21(16,19)12-23/h9,15-17,24,26,28H,3-8,10-12H2,1-2H3/t15-,16-,17-,19-,20-,21+,22-/m0/s1. The molecule has 0 aromatic heterocycles. The molecule has 0 aromatic rings. The summed E-state index contributed by atoms with van der Waals surface area (Å²) in [6.45, 7) is 2.39. The van der Waals surface area contributed by atoms with Crippen LogP contribution in [-0.2, 0) is 9.59 Å². The molecule has 3 fully saturated rings.